The van der Waals surface area contributed by atoms with Gasteiger partial charge < -0.3 is 5.32 Å². The summed E-state index contributed by atoms with van der Waals surface area (Å²) < 4.78 is 23.9. The Morgan fingerprint density at radius 3 is 2.48 bits per heavy atom. The van der Waals surface area contributed by atoms with Crippen molar-refractivity contribution in [2.24, 2.45) is 0 Å². The van der Waals surface area contributed by atoms with Crippen LogP contribution >= 0.6 is 23.2 Å². The molecule has 136 valence electrons. The summed E-state index contributed by atoms with van der Waals surface area (Å²) in [5.74, 6) is 0. The highest BCUT2D eigenvalue weighted by molar-refractivity contribution is 8.26. The minimum atomic E-state index is -3.00. The van der Waals surface area contributed by atoms with E-state index >= 15 is 0 Å². The first kappa shape index (κ1) is 19.8. The molecule has 2 aromatic rings. The van der Waals surface area contributed by atoms with E-state index in [-0.39, 0.29) is 17.7 Å². The van der Waals surface area contributed by atoms with Gasteiger partial charge >= 0.3 is 0 Å². The van der Waals surface area contributed by atoms with Gasteiger partial charge in [0.25, 0.3) is 0 Å². The van der Waals surface area contributed by atoms with E-state index < -0.39 is 10.8 Å². The Balaban J connectivity index is 0.00000225. The van der Waals surface area contributed by atoms with E-state index in [4.69, 9.17) is 0 Å². The number of fused-ring (bicyclic) bond motifs is 1. The molecule has 0 saturated heterocycles. The molecular weight excluding hydrogens is 356 g/mol. The molecule has 6 heteroatoms. The van der Waals surface area contributed by atoms with E-state index in [0.29, 0.717) is 19.4 Å². The first-order valence-corrected chi connectivity index (χ1v) is 9.62. The molecule has 4 nitrogen and oxygen atoms in total. The number of rotatable bonds is 5. The fraction of sp³-hybridized carbons (Fsp3) is 0.263. The van der Waals surface area contributed by atoms with Gasteiger partial charge in [0.2, 0.25) is 0 Å². The number of likely N-dealkylation sites (N-methyl/N-ethyl adjacent to an activating group) is 1. The third-order valence-electron chi connectivity index (χ3n) is 4.31. The topological polar surface area (TPSA) is 55.7 Å². The van der Waals surface area contributed by atoms with E-state index in [1.54, 1.807) is 4.31 Å². The van der Waals surface area contributed by atoms with E-state index in [1.165, 1.54) is 0 Å². The second kappa shape index (κ2) is 8.25. The largest absolute Gasteiger partial charge is 0.316 e. The molecule has 0 aromatic heterocycles. The molecule has 0 radical (unpaired) electrons. The fourth-order valence-corrected chi connectivity index (χ4v) is 5.28. The predicted octanol–water partition coefficient (Wildman–Crippen LogP) is 5.00. The van der Waals surface area contributed by atoms with Crippen LogP contribution in [0.15, 0.2) is 66.7 Å². The molecule has 1 aliphatic heterocycles. The number of hydrogen-bond acceptors (Lipinski definition) is 4. The maximum Gasteiger partial charge on any atom is 0.0770 e. The van der Waals surface area contributed by atoms with Gasteiger partial charge in [-0.2, -0.15) is 0 Å². The molecule has 0 aliphatic carbocycles. The van der Waals surface area contributed by atoms with E-state index in [0.717, 1.165) is 22.5 Å². The van der Waals surface area contributed by atoms with Crippen molar-refractivity contribution < 1.29 is 9.11 Å². The Labute approximate surface area is 157 Å². The summed E-state index contributed by atoms with van der Waals surface area (Å²) in [6, 6.07) is 17.5. The van der Waals surface area contributed by atoms with E-state index in [1.807, 2.05) is 55.6 Å². The Hall–Kier alpha value is -1.50. The van der Waals surface area contributed by atoms with Crippen LogP contribution in [0, 0.1) is 0 Å². The van der Waals surface area contributed by atoms with Gasteiger partial charge in [0, 0.05) is 6.54 Å². The zero-order valence-electron chi connectivity index (χ0n) is 14.3. The first-order chi connectivity index (χ1) is 11.5. The Morgan fingerprint density at radius 1 is 1.16 bits per heavy atom. The van der Waals surface area contributed by atoms with Crippen LogP contribution in [0.25, 0.3) is 0 Å². The SMILES string of the molecule is C=C(CNC)CC1Cc2ccccc2N(c2ccccc2)S1(O)O.Cl. The van der Waals surface area contributed by atoms with Crippen LogP contribution in [-0.4, -0.2) is 27.9 Å². The lowest BCUT2D eigenvalue weighted by atomic mass is 10.0. The van der Waals surface area contributed by atoms with Gasteiger partial charge in [-0.25, -0.2) is 4.31 Å². The number of nitrogens with zero attached hydrogens (tertiary/aromatic N) is 1. The molecule has 1 heterocycles. The molecule has 0 bridgehead atoms. The van der Waals surface area contributed by atoms with Crippen molar-refractivity contribution in [3.05, 3.63) is 72.3 Å². The van der Waals surface area contributed by atoms with Crippen molar-refractivity contribution >= 4 is 34.6 Å². The van der Waals surface area contributed by atoms with Crippen LogP contribution in [0.2, 0.25) is 0 Å². The van der Waals surface area contributed by atoms with Crippen molar-refractivity contribution in [3.63, 3.8) is 0 Å². The van der Waals surface area contributed by atoms with Gasteiger partial charge in [0.1, 0.15) is 0 Å². The van der Waals surface area contributed by atoms with Crippen LogP contribution in [0.4, 0.5) is 11.4 Å². The zero-order chi connectivity index (χ0) is 17.2. The minimum absolute atomic E-state index is 0. The highest BCUT2D eigenvalue weighted by Gasteiger charge is 2.39. The summed E-state index contributed by atoms with van der Waals surface area (Å²) in [7, 11) is -1.13. The third kappa shape index (κ3) is 4.02. The molecule has 0 saturated carbocycles. The standard InChI is InChI=1S/C19H24N2O2S.ClH/c1-15(14-20-2)12-18-13-16-8-6-7-11-19(16)21(24(18,22)23)17-9-4-3-5-10-17;/h3-11,18,20,22-23H,1,12-14H2,2H3;1H. The van der Waals surface area contributed by atoms with Gasteiger partial charge in [-0.1, -0.05) is 48.6 Å². The maximum atomic E-state index is 11.1. The second-order valence-electron chi connectivity index (χ2n) is 6.13. The maximum absolute atomic E-state index is 11.1. The molecule has 3 N–H and O–H groups in total. The lowest BCUT2D eigenvalue weighted by Crippen LogP contribution is -2.38. The molecule has 2 aromatic carbocycles. The summed E-state index contributed by atoms with van der Waals surface area (Å²) in [4.78, 5) is 0. The van der Waals surface area contributed by atoms with Gasteiger partial charge in [0.05, 0.1) is 16.6 Å². The van der Waals surface area contributed by atoms with Crippen molar-refractivity contribution in [3.8, 4) is 0 Å². The van der Waals surface area contributed by atoms with Crippen molar-refractivity contribution in [2.75, 3.05) is 17.9 Å². The fourth-order valence-electron chi connectivity index (χ4n) is 3.22. The molecule has 25 heavy (non-hydrogen) atoms. The lowest BCUT2D eigenvalue weighted by Gasteiger charge is -2.53. The van der Waals surface area contributed by atoms with Gasteiger partial charge in [-0.15, -0.1) is 23.2 Å². The Bertz CT molecular complexity index is 724. The summed E-state index contributed by atoms with van der Waals surface area (Å²) in [5, 5.41) is 2.81. The van der Waals surface area contributed by atoms with Gasteiger partial charge in [-0.3, -0.25) is 9.11 Å². The predicted molar refractivity (Wildman–Crippen MR) is 110 cm³/mol. The molecule has 3 rings (SSSR count). The molecule has 1 aliphatic rings. The zero-order valence-corrected chi connectivity index (χ0v) is 15.9. The lowest BCUT2D eigenvalue weighted by molar-refractivity contribution is 0.462. The number of halogens is 1. The number of nitrogens with one attached hydrogen (secondary N) is 1. The molecule has 0 amide bonds. The summed E-state index contributed by atoms with van der Waals surface area (Å²) in [5.41, 5.74) is 3.79. The van der Waals surface area contributed by atoms with Crippen molar-refractivity contribution in [1.29, 1.82) is 0 Å². The number of anilines is 2. The first-order valence-electron chi connectivity index (χ1n) is 8.05. The second-order valence-corrected chi connectivity index (χ2v) is 8.28. The molecule has 1 atom stereocenters. The average Bonchev–Trinajstić information content (AvgIpc) is 2.56. The molecule has 0 fully saturated rings. The van der Waals surface area contributed by atoms with Crippen molar-refractivity contribution in [2.45, 2.75) is 18.1 Å². The van der Waals surface area contributed by atoms with Gasteiger partial charge in [0.15, 0.2) is 0 Å². The van der Waals surface area contributed by atoms with E-state index in [9.17, 15) is 9.11 Å². The monoisotopic (exact) mass is 380 g/mol. The minimum Gasteiger partial charge on any atom is -0.316 e. The van der Waals surface area contributed by atoms with Crippen LogP contribution in [-0.2, 0) is 6.42 Å². The summed E-state index contributed by atoms with van der Waals surface area (Å²) in [6.07, 6.45) is 1.23. The number of benzene rings is 2. The average molecular weight is 381 g/mol. The Morgan fingerprint density at radius 2 is 1.80 bits per heavy atom. The van der Waals surface area contributed by atoms with Crippen LogP contribution < -0.4 is 9.62 Å². The summed E-state index contributed by atoms with van der Waals surface area (Å²) in [6.45, 7) is 4.75. The quantitative estimate of drug-likeness (QED) is 0.638. The third-order valence-corrected chi connectivity index (χ3v) is 6.48. The molecule has 1 unspecified atom stereocenters. The van der Waals surface area contributed by atoms with Crippen LogP contribution in [0.3, 0.4) is 0 Å². The number of para-hydroxylation sites is 2. The smallest absolute Gasteiger partial charge is 0.0770 e. The molecule has 0 spiro atoms. The van der Waals surface area contributed by atoms with E-state index in [2.05, 4.69) is 18.0 Å². The highest BCUT2D eigenvalue weighted by atomic mass is 35.5. The Kier molecular flexibility index (Phi) is 6.54. The van der Waals surface area contributed by atoms with Crippen LogP contribution in [0.1, 0.15) is 12.0 Å². The highest BCUT2D eigenvalue weighted by Crippen LogP contribution is 2.60. The van der Waals surface area contributed by atoms with Crippen LogP contribution in [0.5, 0.6) is 0 Å². The normalized spacial score (nSPS) is 19.5. The molecular formula is C19H25ClN2O2S. The van der Waals surface area contributed by atoms with Gasteiger partial charge in [-0.05, 0) is 43.7 Å². The number of hydrogen-bond donors (Lipinski definition) is 3. The summed E-state index contributed by atoms with van der Waals surface area (Å²) >= 11 is 0. The van der Waals surface area contributed by atoms with Crippen molar-refractivity contribution in [1.82, 2.24) is 5.32 Å².